The van der Waals surface area contributed by atoms with Gasteiger partial charge in [-0.25, -0.2) is 0 Å². The van der Waals surface area contributed by atoms with E-state index in [0.29, 0.717) is 0 Å². The molecular formula is C27H32. The second-order valence-electron chi connectivity index (χ2n) is 7.83. The molecule has 0 aromatic heterocycles. The van der Waals surface area contributed by atoms with Gasteiger partial charge in [-0.15, -0.1) is 0 Å². The van der Waals surface area contributed by atoms with E-state index >= 15 is 0 Å². The van der Waals surface area contributed by atoms with Crippen LogP contribution in [0, 0.1) is 6.92 Å². The molecule has 0 fully saturated rings. The molecule has 0 heterocycles. The molecule has 0 bridgehead atoms. The zero-order valence-electron chi connectivity index (χ0n) is 17.5. The molecule has 27 heavy (non-hydrogen) atoms. The summed E-state index contributed by atoms with van der Waals surface area (Å²) in [6, 6.07) is 16.1. The van der Waals surface area contributed by atoms with E-state index in [9.17, 15) is 0 Å². The quantitative estimate of drug-likeness (QED) is 0.497. The van der Waals surface area contributed by atoms with Crippen molar-refractivity contribution in [3.63, 3.8) is 0 Å². The first-order chi connectivity index (χ1) is 13.0. The summed E-state index contributed by atoms with van der Waals surface area (Å²) in [6.07, 6.45) is 8.99. The molecule has 0 nitrogen and oxygen atoms in total. The first-order valence-electron chi connectivity index (χ1n) is 10.2. The molecule has 2 aromatic rings. The lowest BCUT2D eigenvalue weighted by atomic mass is 9.90. The summed E-state index contributed by atoms with van der Waals surface area (Å²) in [5.74, 6) is 0. The predicted octanol–water partition coefficient (Wildman–Crippen LogP) is 7.72. The Balaban J connectivity index is 1.89. The maximum Gasteiger partial charge on any atom is -0.00581 e. The minimum atomic E-state index is 1.08. The average molecular weight is 357 g/mol. The van der Waals surface area contributed by atoms with Gasteiger partial charge in [-0.05, 0) is 92.8 Å². The number of hydrogen-bond acceptors (Lipinski definition) is 0. The number of allylic oxidation sites excluding steroid dienone is 6. The van der Waals surface area contributed by atoms with Crippen LogP contribution >= 0.6 is 0 Å². The van der Waals surface area contributed by atoms with E-state index < -0.39 is 0 Å². The summed E-state index contributed by atoms with van der Waals surface area (Å²) in [7, 11) is 0. The maximum absolute atomic E-state index is 2.43. The molecule has 3 rings (SSSR count). The molecule has 1 aliphatic rings. The highest BCUT2D eigenvalue weighted by Gasteiger charge is 2.14. The van der Waals surface area contributed by atoms with Gasteiger partial charge >= 0.3 is 0 Å². The van der Waals surface area contributed by atoms with E-state index in [1.165, 1.54) is 50.1 Å². The molecule has 0 radical (unpaired) electrons. The zero-order valence-corrected chi connectivity index (χ0v) is 17.5. The van der Waals surface area contributed by atoms with Crippen molar-refractivity contribution in [1.29, 1.82) is 0 Å². The summed E-state index contributed by atoms with van der Waals surface area (Å²) >= 11 is 0. The normalized spacial score (nSPS) is 14.7. The number of benzene rings is 2. The Hall–Kier alpha value is -2.34. The average Bonchev–Trinajstić information content (AvgIpc) is 3.01. The van der Waals surface area contributed by atoms with Gasteiger partial charge in [0.1, 0.15) is 0 Å². The summed E-state index contributed by atoms with van der Waals surface area (Å²) in [6.45, 7) is 11.0. The molecule has 0 saturated heterocycles. The van der Waals surface area contributed by atoms with Gasteiger partial charge < -0.3 is 0 Å². The van der Waals surface area contributed by atoms with Crippen LogP contribution in [0.2, 0.25) is 0 Å². The molecule has 0 spiro atoms. The van der Waals surface area contributed by atoms with Crippen LogP contribution in [0.1, 0.15) is 68.4 Å². The van der Waals surface area contributed by atoms with Crippen LogP contribution < -0.4 is 0 Å². The molecule has 0 aliphatic heterocycles. The van der Waals surface area contributed by atoms with Crippen LogP contribution in [-0.2, 0) is 12.8 Å². The maximum atomic E-state index is 2.43. The van der Waals surface area contributed by atoms with E-state index in [1.807, 2.05) is 0 Å². The molecule has 2 aromatic carbocycles. The largest absolute Gasteiger partial charge is 0.0838 e. The van der Waals surface area contributed by atoms with Crippen molar-refractivity contribution in [3.05, 3.63) is 93.6 Å². The second kappa shape index (κ2) is 8.57. The van der Waals surface area contributed by atoms with Crippen LogP contribution in [0.25, 0.3) is 11.1 Å². The van der Waals surface area contributed by atoms with Crippen LogP contribution in [0.3, 0.4) is 0 Å². The van der Waals surface area contributed by atoms with Gasteiger partial charge in [-0.2, -0.15) is 0 Å². The van der Waals surface area contributed by atoms with Crippen molar-refractivity contribution < 1.29 is 0 Å². The van der Waals surface area contributed by atoms with E-state index in [4.69, 9.17) is 0 Å². The standard InChI is InChI=1S/C27H32/c1-6-23(7-2)27-18-25(26-16-20(4)21(5)17-26)15-14-24(27)13-12-22-10-8-19(3)9-11-22/h6,8-11,14-16,18H,7,12-13,17H2,1-5H3/b23-6+. The lowest BCUT2D eigenvalue weighted by molar-refractivity contribution is 0.952. The van der Waals surface area contributed by atoms with E-state index in [0.717, 1.165) is 25.7 Å². The Morgan fingerprint density at radius 1 is 0.963 bits per heavy atom. The predicted molar refractivity (Wildman–Crippen MR) is 120 cm³/mol. The highest BCUT2D eigenvalue weighted by Crippen LogP contribution is 2.34. The monoisotopic (exact) mass is 356 g/mol. The molecule has 0 atom stereocenters. The van der Waals surface area contributed by atoms with Gasteiger partial charge in [0.05, 0.1) is 0 Å². The van der Waals surface area contributed by atoms with Crippen LogP contribution in [-0.4, -0.2) is 0 Å². The van der Waals surface area contributed by atoms with Crippen molar-refractivity contribution in [2.75, 3.05) is 0 Å². The molecule has 0 saturated carbocycles. The highest BCUT2D eigenvalue weighted by molar-refractivity contribution is 5.78. The molecule has 0 amide bonds. The Morgan fingerprint density at radius 2 is 1.70 bits per heavy atom. The first-order valence-corrected chi connectivity index (χ1v) is 10.2. The first kappa shape index (κ1) is 19.4. The minimum absolute atomic E-state index is 1.08. The smallest absolute Gasteiger partial charge is 0.00581 e. The van der Waals surface area contributed by atoms with E-state index in [-0.39, 0.29) is 0 Å². The minimum Gasteiger partial charge on any atom is -0.0838 e. The van der Waals surface area contributed by atoms with E-state index in [2.05, 4.69) is 89.2 Å². The van der Waals surface area contributed by atoms with Gasteiger partial charge in [-0.3, -0.25) is 0 Å². The van der Waals surface area contributed by atoms with Gasteiger partial charge in [0.2, 0.25) is 0 Å². The lowest BCUT2D eigenvalue weighted by Crippen LogP contribution is -1.99. The van der Waals surface area contributed by atoms with Crippen LogP contribution in [0.5, 0.6) is 0 Å². The zero-order chi connectivity index (χ0) is 19.4. The van der Waals surface area contributed by atoms with Crippen LogP contribution in [0.15, 0.2) is 65.8 Å². The molecule has 0 N–H and O–H groups in total. The molecular weight excluding hydrogens is 324 g/mol. The fraction of sp³-hybridized carbons (Fsp3) is 0.333. The van der Waals surface area contributed by atoms with Crippen molar-refractivity contribution in [1.82, 2.24) is 0 Å². The molecule has 0 unspecified atom stereocenters. The summed E-state index contributed by atoms with van der Waals surface area (Å²) in [5.41, 5.74) is 12.9. The third kappa shape index (κ3) is 4.50. The Kier molecular flexibility index (Phi) is 6.16. The van der Waals surface area contributed by atoms with Gasteiger partial charge in [0.15, 0.2) is 0 Å². The third-order valence-electron chi connectivity index (χ3n) is 5.88. The van der Waals surface area contributed by atoms with Crippen LogP contribution in [0.4, 0.5) is 0 Å². The van der Waals surface area contributed by atoms with Crippen molar-refractivity contribution >= 4 is 11.1 Å². The Morgan fingerprint density at radius 3 is 2.30 bits per heavy atom. The summed E-state index contributed by atoms with van der Waals surface area (Å²) in [5, 5.41) is 0. The SMILES string of the molecule is C/C=C(\CC)c1cc(C2=CC(C)=C(C)C2)ccc1CCc1ccc(C)cc1. The second-order valence-corrected chi connectivity index (χ2v) is 7.83. The summed E-state index contributed by atoms with van der Waals surface area (Å²) < 4.78 is 0. The highest BCUT2D eigenvalue weighted by atomic mass is 14.2. The number of hydrogen-bond donors (Lipinski definition) is 0. The lowest BCUT2D eigenvalue weighted by Gasteiger charge is -2.15. The van der Waals surface area contributed by atoms with E-state index in [1.54, 1.807) is 0 Å². The van der Waals surface area contributed by atoms with Crippen molar-refractivity contribution in [2.24, 2.45) is 0 Å². The fourth-order valence-electron chi connectivity index (χ4n) is 3.92. The van der Waals surface area contributed by atoms with Gasteiger partial charge in [-0.1, -0.05) is 72.2 Å². The van der Waals surface area contributed by atoms with Gasteiger partial charge in [0, 0.05) is 0 Å². The Labute approximate surface area is 165 Å². The molecule has 1 aliphatic carbocycles. The molecule has 140 valence electrons. The van der Waals surface area contributed by atoms with Crippen molar-refractivity contribution in [2.45, 2.75) is 60.3 Å². The summed E-state index contributed by atoms with van der Waals surface area (Å²) in [4.78, 5) is 0. The molecule has 0 heteroatoms. The Bertz CT molecular complexity index is 902. The number of rotatable bonds is 6. The number of aryl methyl sites for hydroxylation is 3. The van der Waals surface area contributed by atoms with Gasteiger partial charge in [0.25, 0.3) is 0 Å². The third-order valence-corrected chi connectivity index (χ3v) is 5.88. The van der Waals surface area contributed by atoms with Crippen molar-refractivity contribution in [3.8, 4) is 0 Å². The topological polar surface area (TPSA) is 0 Å². The fourth-order valence-corrected chi connectivity index (χ4v) is 3.92.